The molecule has 0 aromatic carbocycles. The molecular weight excluding hydrogens is 220 g/mol. The Bertz CT molecular complexity index is 176. The molecule has 3 N–H and O–H groups in total. The Balaban J connectivity index is 3.27. The highest BCUT2D eigenvalue weighted by Crippen LogP contribution is 2.03. The van der Waals surface area contributed by atoms with Crippen molar-refractivity contribution in [3.8, 4) is 0 Å². The van der Waals surface area contributed by atoms with Gasteiger partial charge in [-0.05, 0) is 31.3 Å². The van der Waals surface area contributed by atoms with Crippen LogP contribution in [-0.4, -0.2) is 30.5 Å². The maximum atomic E-state index is 11.4. The summed E-state index contributed by atoms with van der Waals surface area (Å²) in [5, 5.41) is 2.89. The molecule has 3 nitrogen and oxygen atoms in total. The van der Waals surface area contributed by atoms with E-state index in [0.717, 1.165) is 25.8 Å². The van der Waals surface area contributed by atoms with Crippen LogP contribution in [0.3, 0.4) is 0 Å². The quantitative estimate of drug-likeness (QED) is 0.581. The van der Waals surface area contributed by atoms with E-state index in [-0.39, 0.29) is 11.9 Å². The molecule has 4 heteroatoms. The van der Waals surface area contributed by atoms with Crippen LogP contribution in [0.5, 0.6) is 0 Å². The van der Waals surface area contributed by atoms with Crippen LogP contribution in [0.15, 0.2) is 0 Å². The number of rotatable bonds is 10. The van der Waals surface area contributed by atoms with Gasteiger partial charge in [-0.2, -0.15) is 11.8 Å². The number of carbonyl (C=O) groups excluding carboxylic acids is 1. The molecule has 0 aliphatic heterocycles. The number of nitrogens with one attached hydrogen (secondary N) is 1. The Morgan fingerprint density at radius 3 is 2.62 bits per heavy atom. The number of nitrogens with two attached hydrogens (primary N) is 1. The van der Waals surface area contributed by atoms with Crippen LogP contribution in [0.1, 0.15) is 45.4 Å². The van der Waals surface area contributed by atoms with Crippen molar-refractivity contribution in [2.24, 2.45) is 5.73 Å². The lowest BCUT2D eigenvalue weighted by atomic mass is 10.1. The lowest BCUT2D eigenvalue weighted by Crippen LogP contribution is -2.40. The Hall–Kier alpha value is -0.220. The molecule has 0 aromatic heterocycles. The predicted octanol–water partition coefficient (Wildman–Crippen LogP) is 2.15. The van der Waals surface area contributed by atoms with Crippen molar-refractivity contribution >= 4 is 17.7 Å². The summed E-state index contributed by atoms with van der Waals surface area (Å²) in [6, 6.07) is -0.318. The smallest absolute Gasteiger partial charge is 0.236 e. The van der Waals surface area contributed by atoms with Crippen molar-refractivity contribution in [1.82, 2.24) is 5.32 Å². The van der Waals surface area contributed by atoms with Gasteiger partial charge in [0, 0.05) is 6.54 Å². The lowest BCUT2D eigenvalue weighted by molar-refractivity contribution is -0.122. The minimum atomic E-state index is -0.318. The highest BCUT2D eigenvalue weighted by atomic mass is 32.2. The van der Waals surface area contributed by atoms with Gasteiger partial charge in [0.2, 0.25) is 5.91 Å². The second-order valence-corrected chi connectivity index (χ2v) is 5.08. The minimum Gasteiger partial charge on any atom is -0.355 e. The van der Waals surface area contributed by atoms with E-state index in [0.29, 0.717) is 0 Å². The van der Waals surface area contributed by atoms with Gasteiger partial charge in [-0.15, -0.1) is 0 Å². The molecule has 0 unspecified atom stereocenters. The zero-order chi connectivity index (χ0) is 12.2. The average Bonchev–Trinajstić information content (AvgIpc) is 2.28. The Morgan fingerprint density at radius 2 is 2.00 bits per heavy atom. The standard InChI is InChI=1S/C12H26N2OS/c1-3-8-11(13)12(15)14-9-6-4-5-7-10-16-2/h11H,3-10,13H2,1-2H3,(H,14,15)/t11-/m0/s1. The lowest BCUT2D eigenvalue weighted by Gasteiger charge is -2.10. The summed E-state index contributed by atoms with van der Waals surface area (Å²) < 4.78 is 0. The zero-order valence-corrected chi connectivity index (χ0v) is 11.4. The van der Waals surface area contributed by atoms with Gasteiger partial charge in [-0.3, -0.25) is 4.79 Å². The zero-order valence-electron chi connectivity index (χ0n) is 10.6. The highest BCUT2D eigenvalue weighted by molar-refractivity contribution is 7.98. The summed E-state index contributed by atoms with van der Waals surface area (Å²) in [5.74, 6) is 1.25. The molecule has 0 saturated heterocycles. The Kier molecular flexibility index (Phi) is 11.1. The first-order valence-corrected chi connectivity index (χ1v) is 7.64. The Morgan fingerprint density at radius 1 is 1.31 bits per heavy atom. The summed E-state index contributed by atoms with van der Waals surface area (Å²) in [6.45, 7) is 2.81. The first-order valence-electron chi connectivity index (χ1n) is 6.24. The van der Waals surface area contributed by atoms with Crippen molar-refractivity contribution < 1.29 is 4.79 Å². The molecule has 1 atom stereocenters. The topological polar surface area (TPSA) is 55.1 Å². The Labute approximate surface area is 104 Å². The number of hydrogen-bond acceptors (Lipinski definition) is 3. The third-order valence-electron chi connectivity index (χ3n) is 2.51. The summed E-state index contributed by atoms with van der Waals surface area (Å²) in [6.07, 6.45) is 8.68. The van der Waals surface area contributed by atoms with Crippen LogP contribution in [0.2, 0.25) is 0 Å². The van der Waals surface area contributed by atoms with Gasteiger partial charge in [-0.25, -0.2) is 0 Å². The van der Waals surface area contributed by atoms with E-state index in [1.165, 1.54) is 25.0 Å². The fraction of sp³-hybridized carbons (Fsp3) is 0.917. The van der Waals surface area contributed by atoms with Crippen LogP contribution >= 0.6 is 11.8 Å². The van der Waals surface area contributed by atoms with Gasteiger partial charge in [0.15, 0.2) is 0 Å². The molecule has 16 heavy (non-hydrogen) atoms. The molecule has 0 spiro atoms. The number of thioether (sulfide) groups is 1. The third kappa shape index (κ3) is 9.04. The SMILES string of the molecule is CCC[C@H](N)C(=O)NCCCCCCSC. The summed E-state index contributed by atoms with van der Waals surface area (Å²) in [4.78, 5) is 11.4. The second kappa shape index (κ2) is 11.3. The van der Waals surface area contributed by atoms with Crippen molar-refractivity contribution in [2.75, 3.05) is 18.6 Å². The second-order valence-electron chi connectivity index (χ2n) is 4.09. The number of amides is 1. The molecule has 1 amide bonds. The summed E-state index contributed by atoms with van der Waals surface area (Å²) >= 11 is 1.89. The molecule has 0 heterocycles. The maximum Gasteiger partial charge on any atom is 0.236 e. The molecule has 0 aliphatic carbocycles. The van der Waals surface area contributed by atoms with E-state index >= 15 is 0 Å². The maximum absolute atomic E-state index is 11.4. The van der Waals surface area contributed by atoms with Crippen LogP contribution in [0, 0.1) is 0 Å². The molecule has 0 fully saturated rings. The fourth-order valence-corrected chi connectivity index (χ4v) is 2.00. The monoisotopic (exact) mass is 246 g/mol. The molecule has 0 aromatic rings. The number of unbranched alkanes of at least 4 members (excludes halogenated alkanes) is 3. The predicted molar refractivity (Wildman–Crippen MR) is 72.7 cm³/mol. The molecule has 0 rings (SSSR count). The highest BCUT2D eigenvalue weighted by Gasteiger charge is 2.10. The van der Waals surface area contributed by atoms with E-state index < -0.39 is 0 Å². The molecule has 96 valence electrons. The largest absolute Gasteiger partial charge is 0.355 e. The number of hydrogen-bond donors (Lipinski definition) is 2. The summed E-state index contributed by atoms with van der Waals surface area (Å²) in [5.41, 5.74) is 5.69. The van der Waals surface area contributed by atoms with Crippen molar-refractivity contribution in [3.63, 3.8) is 0 Å². The summed E-state index contributed by atoms with van der Waals surface area (Å²) in [7, 11) is 0. The van der Waals surface area contributed by atoms with Gasteiger partial charge in [0.25, 0.3) is 0 Å². The van der Waals surface area contributed by atoms with Crippen molar-refractivity contribution in [2.45, 2.75) is 51.5 Å². The molecule has 0 radical (unpaired) electrons. The van der Waals surface area contributed by atoms with Crippen LogP contribution < -0.4 is 11.1 Å². The molecular formula is C12H26N2OS. The van der Waals surface area contributed by atoms with E-state index in [2.05, 4.69) is 11.6 Å². The van der Waals surface area contributed by atoms with E-state index in [1.54, 1.807) is 0 Å². The fourth-order valence-electron chi connectivity index (χ4n) is 1.51. The first-order chi connectivity index (χ1) is 7.72. The third-order valence-corrected chi connectivity index (χ3v) is 3.21. The van der Waals surface area contributed by atoms with Gasteiger partial charge in [0.1, 0.15) is 0 Å². The van der Waals surface area contributed by atoms with E-state index in [9.17, 15) is 4.79 Å². The van der Waals surface area contributed by atoms with Gasteiger partial charge in [-0.1, -0.05) is 26.2 Å². The van der Waals surface area contributed by atoms with Crippen LogP contribution in [0.4, 0.5) is 0 Å². The average molecular weight is 246 g/mol. The van der Waals surface area contributed by atoms with Crippen molar-refractivity contribution in [3.05, 3.63) is 0 Å². The van der Waals surface area contributed by atoms with Gasteiger partial charge < -0.3 is 11.1 Å². The van der Waals surface area contributed by atoms with Gasteiger partial charge >= 0.3 is 0 Å². The normalized spacial score (nSPS) is 12.4. The van der Waals surface area contributed by atoms with Crippen LogP contribution in [0.25, 0.3) is 0 Å². The van der Waals surface area contributed by atoms with E-state index in [1.807, 2.05) is 18.7 Å². The molecule has 0 saturated carbocycles. The molecule has 0 aliphatic rings. The van der Waals surface area contributed by atoms with Gasteiger partial charge in [0.05, 0.1) is 6.04 Å². The van der Waals surface area contributed by atoms with Crippen LogP contribution in [-0.2, 0) is 4.79 Å². The first kappa shape index (κ1) is 15.8. The van der Waals surface area contributed by atoms with Crippen molar-refractivity contribution in [1.29, 1.82) is 0 Å². The minimum absolute atomic E-state index is 0.00552. The number of carbonyl (C=O) groups is 1. The molecule has 0 bridgehead atoms. The van der Waals surface area contributed by atoms with E-state index in [4.69, 9.17) is 5.73 Å².